The average Bonchev–Trinajstić information content (AvgIpc) is 3.50. The number of amides is 2. The van der Waals surface area contributed by atoms with Crippen LogP contribution in [0.25, 0.3) is 5.82 Å². The molecular formula is C33H38N10O3. The van der Waals surface area contributed by atoms with Gasteiger partial charge in [-0.2, -0.15) is 15.0 Å². The van der Waals surface area contributed by atoms with Crippen molar-refractivity contribution in [2.45, 2.75) is 26.2 Å². The fourth-order valence-corrected chi connectivity index (χ4v) is 4.89. The minimum atomic E-state index is -0.726. The minimum absolute atomic E-state index is 0.219. The van der Waals surface area contributed by atoms with Crippen LogP contribution in [0, 0.1) is 18.3 Å². The zero-order chi connectivity index (χ0) is 32.7. The normalized spacial score (nSPS) is 13.5. The van der Waals surface area contributed by atoms with Crippen LogP contribution in [0.15, 0.2) is 60.9 Å². The molecule has 1 saturated heterocycles. The first-order valence-electron chi connectivity index (χ1n) is 15.1. The predicted octanol–water partition coefficient (Wildman–Crippen LogP) is 3.87. The maximum Gasteiger partial charge on any atom is 0.271 e. The number of nitrogens with zero attached hydrogens (tertiary/aromatic N) is 6. The molecule has 13 heteroatoms. The number of aryl methyl sites for hydroxylation is 1. The van der Waals surface area contributed by atoms with Crippen molar-refractivity contribution < 1.29 is 14.3 Å². The van der Waals surface area contributed by atoms with Gasteiger partial charge in [-0.25, -0.2) is 9.97 Å². The van der Waals surface area contributed by atoms with E-state index in [1.807, 2.05) is 45.0 Å². The SMILES string of the molecule is CNc1cc(-n2nc(C(=O)NCCN3CCOCC3)cc2Nc2cc(NC(=O)c3cccc(C(C)(C)C#N)c3)ccc2C)ncn1. The number of hydrogen-bond donors (Lipinski definition) is 4. The summed E-state index contributed by atoms with van der Waals surface area (Å²) in [4.78, 5) is 37.2. The van der Waals surface area contributed by atoms with Gasteiger partial charge in [0.2, 0.25) is 0 Å². The summed E-state index contributed by atoms with van der Waals surface area (Å²) in [6.07, 6.45) is 1.42. The van der Waals surface area contributed by atoms with Crippen LogP contribution in [0.5, 0.6) is 0 Å². The molecule has 0 aliphatic carbocycles. The molecule has 4 N–H and O–H groups in total. The Morgan fingerprint density at radius 3 is 2.61 bits per heavy atom. The molecule has 2 aromatic carbocycles. The van der Waals surface area contributed by atoms with E-state index >= 15 is 0 Å². The number of carbonyl (C=O) groups is 2. The number of aromatic nitrogens is 4. The van der Waals surface area contributed by atoms with Crippen LogP contribution in [0.1, 0.15) is 45.8 Å². The molecule has 0 spiro atoms. The number of carbonyl (C=O) groups excluding carboxylic acids is 2. The molecule has 0 atom stereocenters. The Kier molecular flexibility index (Phi) is 9.90. The van der Waals surface area contributed by atoms with Crippen LogP contribution < -0.4 is 21.3 Å². The van der Waals surface area contributed by atoms with Crippen molar-refractivity contribution in [3.8, 4) is 11.9 Å². The molecule has 2 aromatic heterocycles. The average molecular weight is 623 g/mol. The van der Waals surface area contributed by atoms with Gasteiger partial charge in [0.05, 0.1) is 24.7 Å². The van der Waals surface area contributed by atoms with E-state index in [1.54, 1.807) is 42.1 Å². The van der Waals surface area contributed by atoms with Crippen molar-refractivity contribution >= 4 is 34.8 Å². The molecule has 1 fully saturated rings. The van der Waals surface area contributed by atoms with Gasteiger partial charge in [0.15, 0.2) is 11.5 Å². The number of benzene rings is 2. The van der Waals surface area contributed by atoms with E-state index in [0.29, 0.717) is 54.2 Å². The first-order chi connectivity index (χ1) is 22.2. The summed E-state index contributed by atoms with van der Waals surface area (Å²) in [7, 11) is 1.76. The largest absolute Gasteiger partial charge is 0.379 e. The molecule has 4 aromatic rings. The smallest absolute Gasteiger partial charge is 0.271 e. The van der Waals surface area contributed by atoms with Gasteiger partial charge in [-0.15, -0.1) is 0 Å². The highest BCUT2D eigenvalue weighted by Crippen LogP contribution is 2.28. The van der Waals surface area contributed by atoms with Crippen molar-refractivity contribution in [3.05, 3.63) is 83.3 Å². The maximum absolute atomic E-state index is 13.2. The summed E-state index contributed by atoms with van der Waals surface area (Å²) in [5, 5.41) is 26.4. The second-order valence-corrected chi connectivity index (χ2v) is 11.5. The van der Waals surface area contributed by atoms with Crippen molar-refractivity contribution in [2.24, 2.45) is 0 Å². The maximum atomic E-state index is 13.2. The molecule has 0 unspecified atom stereocenters. The molecular weight excluding hydrogens is 584 g/mol. The minimum Gasteiger partial charge on any atom is -0.379 e. The summed E-state index contributed by atoms with van der Waals surface area (Å²) in [6.45, 7) is 9.82. The first kappa shape index (κ1) is 32.1. The summed E-state index contributed by atoms with van der Waals surface area (Å²) < 4.78 is 6.95. The predicted molar refractivity (Wildman–Crippen MR) is 176 cm³/mol. The van der Waals surface area contributed by atoms with Crippen molar-refractivity contribution in [1.29, 1.82) is 5.26 Å². The lowest BCUT2D eigenvalue weighted by Crippen LogP contribution is -2.41. The molecule has 5 rings (SSSR count). The quantitative estimate of drug-likeness (QED) is 0.193. The molecule has 3 heterocycles. The Morgan fingerprint density at radius 2 is 1.85 bits per heavy atom. The van der Waals surface area contributed by atoms with Crippen LogP contribution in [0.2, 0.25) is 0 Å². The molecule has 13 nitrogen and oxygen atoms in total. The van der Waals surface area contributed by atoms with Gasteiger partial charge >= 0.3 is 0 Å². The van der Waals surface area contributed by atoms with Crippen LogP contribution in [0.4, 0.5) is 23.0 Å². The molecule has 1 aliphatic heterocycles. The van der Waals surface area contributed by atoms with Gasteiger partial charge in [0, 0.05) is 62.3 Å². The second kappa shape index (κ2) is 14.2. The van der Waals surface area contributed by atoms with E-state index in [9.17, 15) is 14.9 Å². The standard InChI is InChI=1S/C33H38N10O3/c1-22-8-9-25(39-31(44)23-6-5-7-24(16-23)33(2,3)20-34)17-26(22)40-30-18-27(32(45)36-10-11-42-12-14-46-15-13-42)41-43(30)29-19-28(35-4)37-21-38-29/h5-9,16-19,21,40H,10-15H2,1-4H3,(H,36,45)(H,39,44)(H,35,37,38). The lowest BCUT2D eigenvalue weighted by molar-refractivity contribution is 0.0383. The number of ether oxygens (including phenoxy) is 1. The van der Waals surface area contributed by atoms with Crippen molar-refractivity contribution in [1.82, 2.24) is 30.0 Å². The Labute approximate surface area is 268 Å². The van der Waals surface area contributed by atoms with Crippen LogP contribution in [-0.4, -0.2) is 82.9 Å². The first-order valence-corrected chi connectivity index (χ1v) is 15.1. The highest BCUT2D eigenvalue weighted by atomic mass is 16.5. The topological polar surface area (TPSA) is 162 Å². The number of rotatable bonds is 11. The van der Waals surface area contributed by atoms with E-state index in [-0.39, 0.29) is 17.5 Å². The van der Waals surface area contributed by atoms with E-state index < -0.39 is 5.41 Å². The molecule has 238 valence electrons. The Bertz CT molecular complexity index is 1750. The van der Waals surface area contributed by atoms with Gasteiger partial charge in [-0.1, -0.05) is 18.2 Å². The van der Waals surface area contributed by atoms with Crippen LogP contribution in [0.3, 0.4) is 0 Å². The molecule has 0 radical (unpaired) electrons. The van der Waals surface area contributed by atoms with Crippen molar-refractivity contribution in [3.63, 3.8) is 0 Å². The fraction of sp³-hybridized carbons (Fsp3) is 0.333. The number of nitrogens with one attached hydrogen (secondary N) is 4. The van der Waals surface area contributed by atoms with Crippen LogP contribution >= 0.6 is 0 Å². The van der Waals surface area contributed by atoms with Crippen molar-refractivity contribution in [2.75, 3.05) is 62.4 Å². The van der Waals surface area contributed by atoms with E-state index in [0.717, 1.165) is 30.8 Å². The van der Waals surface area contributed by atoms with Gasteiger partial charge in [-0.05, 0) is 56.2 Å². The third-order valence-electron chi connectivity index (χ3n) is 7.77. The van der Waals surface area contributed by atoms with E-state index in [2.05, 4.69) is 47.3 Å². The van der Waals surface area contributed by atoms with Gasteiger partial charge in [0.25, 0.3) is 11.8 Å². The highest BCUT2D eigenvalue weighted by Gasteiger charge is 2.22. The molecule has 0 saturated carbocycles. The van der Waals surface area contributed by atoms with Gasteiger partial charge in [-0.3, -0.25) is 14.5 Å². The molecule has 46 heavy (non-hydrogen) atoms. The monoisotopic (exact) mass is 622 g/mol. The van der Waals surface area contributed by atoms with E-state index in [4.69, 9.17) is 4.74 Å². The molecule has 0 bridgehead atoms. The lowest BCUT2D eigenvalue weighted by atomic mass is 9.85. The number of hydrogen-bond acceptors (Lipinski definition) is 10. The third kappa shape index (κ3) is 7.66. The van der Waals surface area contributed by atoms with Gasteiger partial charge < -0.3 is 26.0 Å². The van der Waals surface area contributed by atoms with Gasteiger partial charge in [0.1, 0.15) is 18.0 Å². The fourth-order valence-electron chi connectivity index (χ4n) is 4.89. The van der Waals surface area contributed by atoms with Crippen LogP contribution in [-0.2, 0) is 10.2 Å². The second-order valence-electron chi connectivity index (χ2n) is 11.5. The number of anilines is 4. The Morgan fingerprint density at radius 1 is 1.04 bits per heavy atom. The summed E-state index contributed by atoms with van der Waals surface area (Å²) in [5.41, 5.74) is 2.86. The third-order valence-corrected chi connectivity index (χ3v) is 7.77. The summed E-state index contributed by atoms with van der Waals surface area (Å²) >= 11 is 0. The van der Waals surface area contributed by atoms with E-state index in [1.165, 1.54) is 6.33 Å². The lowest BCUT2D eigenvalue weighted by Gasteiger charge is -2.26. The number of nitriles is 1. The summed E-state index contributed by atoms with van der Waals surface area (Å²) in [6, 6.07) is 18.2. The number of morpholine rings is 1. The Hall–Kier alpha value is -5.32. The molecule has 1 aliphatic rings. The molecule has 2 amide bonds. The zero-order valence-corrected chi connectivity index (χ0v) is 26.4. The highest BCUT2D eigenvalue weighted by molar-refractivity contribution is 6.04. The Balaban J connectivity index is 1.38. The zero-order valence-electron chi connectivity index (χ0n) is 26.4. The summed E-state index contributed by atoms with van der Waals surface area (Å²) in [5.74, 6) is 0.934.